The molecular weight excluding hydrogens is 674 g/mol. The molecule has 2 saturated carbocycles. The molecule has 266 valence electrons. The Labute approximate surface area is 291 Å². The number of oxime groups is 1. The van der Waals surface area contributed by atoms with E-state index in [1.807, 2.05) is 18.2 Å². The molecule has 0 radical (unpaired) electrons. The van der Waals surface area contributed by atoms with E-state index in [1.165, 1.54) is 4.90 Å². The van der Waals surface area contributed by atoms with Gasteiger partial charge in [0.2, 0.25) is 21.8 Å². The predicted molar refractivity (Wildman–Crippen MR) is 181 cm³/mol. The Hall–Kier alpha value is -3.65. The molecule has 3 aliphatic heterocycles. The van der Waals surface area contributed by atoms with Crippen LogP contribution >= 0.6 is 11.6 Å². The Kier molecular flexibility index (Phi) is 9.50. The normalized spacial score (nSPS) is 30.6. The second-order valence-electron chi connectivity index (χ2n) is 14.9. The number of nitrogens with one attached hydrogen (secondary N) is 3. The molecule has 3 fully saturated rings. The molecule has 1 spiro atoms. The number of allylic oxidation sites excluding steroid dienone is 1. The summed E-state index contributed by atoms with van der Waals surface area (Å²) in [7, 11) is -3.88. The van der Waals surface area contributed by atoms with Crippen LogP contribution in [0.4, 0.5) is 4.79 Å². The number of halogens is 1. The molecule has 0 aromatic heterocycles. The lowest BCUT2D eigenvalue weighted by molar-refractivity contribution is -0.141. The van der Waals surface area contributed by atoms with Gasteiger partial charge in [-0.05, 0) is 71.4 Å². The maximum Gasteiger partial charge on any atom is 0.408 e. The Bertz CT molecular complexity index is 1690. The Morgan fingerprint density at radius 1 is 1.12 bits per heavy atom. The first-order valence-corrected chi connectivity index (χ1v) is 18.9. The minimum atomic E-state index is -3.88. The fourth-order valence-electron chi connectivity index (χ4n) is 6.87. The van der Waals surface area contributed by atoms with Crippen molar-refractivity contribution in [3.05, 3.63) is 47.0 Å². The van der Waals surface area contributed by atoms with E-state index in [4.69, 9.17) is 21.2 Å². The standard InChI is InChI=1S/C34H44ClN5O8S/c1-32(2,3)47-31(44)36-25-13-8-6-4-5-7-11-22-17-34(22,30(43)39-49(45,46)24-14-15-24)37-28(41)27-19-33(20-40(27)29(25)42)18-26(38-48-33)21-10-9-12-23(35)16-21/h7,9-12,16,22,24-25,27H,4-6,8,13-15,17-20H2,1-3H3,(H,36,44)(H,37,41)(H,39,43)/t22-,25+,27+,33-,34-/m1/s1. The second-order valence-corrected chi connectivity index (χ2v) is 17.3. The summed E-state index contributed by atoms with van der Waals surface area (Å²) in [6.45, 7) is 5.17. The number of carbonyl (C=O) groups is 4. The molecule has 3 heterocycles. The van der Waals surface area contributed by atoms with Crippen molar-refractivity contribution in [1.82, 2.24) is 20.3 Å². The smallest absolute Gasteiger partial charge is 0.408 e. The van der Waals surface area contributed by atoms with Gasteiger partial charge in [0.25, 0.3) is 5.91 Å². The van der Waals surface area contributed by atoms with Crippen LogP contribution in [0.1, 0.15) is 90.5 Å². The first-order valence-electron chi connectivity index (χ1n) is 17.0. The van der Waals surface area contributed by atoms with E-state index in [0.717, 1.165) is 18.4 Å². The highest BCUT2D eigenvalue weighted by Crippen LogP contribution is 2.47. The van der Waals surface area contributed by atoms with Gasteiger partial charge < -0.3 is 25.1 Å². The third-order valence-corrected chi connectivity index (χ3v) is 11.7. The van der Waals surface area contributed by atoms with Crippen LogP contribution in [-0.2, 0) is 34.0 Å². The quantitative estimate of drug-likeness (QED) is 0.387. The van der Waals surface area contributed by atoms with Gasteiger partial charge in [0, 0.05) is 29.3 Å². The number of carbonyl (C=O) groups excluding carboxylic acids is 4. The Morgan fingerprint density at radius 3 is 2.61 bits per heavy atom. The maximum absolute atomic E-state index is 14.4. The van der Waals surface area contributed by atoms with Crippen LogP contribution in [0.2, 0.25) is 5.02 Å². The van der Waals surface area contributed by atoms with Crippen LogP contribution in [0.5, 0.6) is 0 Å². The van der Waals surface area contributed by atoms with Crippen LogP contribution in [0.3, 0.4) is 0 Å². The van der Waals surface area contributed by atoms with E-state index < -0.39 is 73.8 Å². The highest BCUT2D eigenvalue weighted by Gasteiger charge is 2.63. The molecule has 1 saturated heterocycles. The molecule has 49 heavy (non-hydrogen) atoms. The second kappa shape index (κ2) is 13.2. The Morgan fingerprint density at radius 2 is 1.90 bits per heavy atom. The lowest BCUT2D eigenvalue weighted by atomic mass is 9.91. The average Bonchev–Trinajstić information content (AvgIpc) is 3.92. The van der Waals surface area contributed by atoms with E-state index in [-0.39, 0.29) is 25.8 Å². The molecule has 3 N–H and O–H groups in total. The third kappa shape index (κ3) is 7.90. The number of fused-ring (bicyclic) bond motifs is 2. The van der Waals surface area contributed by atoms with Gasteiger partial charge in [0.15, 0.2) is 5.60 Å². The van der Waals surface area contributed by atoms with Gasteiger partial charge in [0.05, 0.1) is 17.5 Å². The number of alkyl carbamates (subject to hydrolysis) is 1. The molecule has 6 rings (SSSR count). The number of nitrogens with zero attached hydrogens (tertiary/aromatic N) is 2. The van der Waals surface area contributed by atoms with Gasteiger partial charge in [-0.2, -0.15) is 0 Å². The van der Waals surface area contributed by atoms with Crippen LogP contribution < -0.4 is 15.4 Å². The number of hydrogen-bond donors (Lipinski definition) is 3. The molecule has 2 aliphatic carbocycles. The number of ether oxygens (including phenoxy) is 1. The molecule has 5 aliphatic rings. The summed E-state index contributed by atoms with van der Waals surface area (Å²) < 4.78 is 33.2. The molecule has 0 bridgehead atoms. The number of amides is 4. The first-order chi connectivity index (χ1) is 23.1. The van der Waals surface area contributed by atoms with E-state index in [2.05, 4.69) is 20.5 Å². The zero-order chi connectivity index (χ0) is 35.2. The minimum absolute atomic E-state index is 0.0113. The zero-order valence-corrected chi connectivity index (χ0v) is 29.6. The van der Waals surface area contributed by atoms with Gasteiger partial charge >= 0.3 is 6.09 Å². The van der Waals surface area contributed by atoms with Crippen molar-refractivity contribution in [3.8, 4) is 0 Å². The van der Waals surface area contributed by atoms with Crippen molar-refractivity contribution in [2.24, 2.45) is 11.1 Å². The lowest BCUT2D eigenvalue weighted by Gasteiger charge is -2.30. The van der Waals surface area contributed by atoms with Crippen LogP contribution in [0.25, 0.3) is 0 Å². The molecular formula is C34H44ClN5O8S. The fourth-order valence-corrected chi connectivity index (χ4v) is 8.43. The van der Waals surface area contributed by atoms with Crippen molar-refractivity contribution >= 4 is 51.2 Å². The van der Waals surface area contributed by atoms with Crippen LogP contribution in [-0.4, -0.2) is 83.5 Å². The molecule has 4 amide bonds. The van der Waals surface area contributed by atoms with Crippen LogP contribution in [0, 0.1) is 5.92 Å². The van der Waals surface area contributed by atoms with Crippen molar-refractivity contribution in [2.45, 2.75) is 119 Å². The number of sulfonamides is 1. The van der Waals surface area contributed by atoms with E-state index in [1.54, 1.807) is 39.0 Å². The third-order valence-electron chi connectivity index (χ3n) is 9.67. The van der Waals surface area contributed by atoms with E-state index >= 15 is 0 Å². The van der Waals surface area contributed by atoms with Crippen molar-refractivity contribution in [1.29, 1.82) is 0 Å². The summed E-state index contributed by atoms with van der Waals surface area (Å²) in [5.41, 5.74) is -2.00. The number of rotatable bonds is 5. The lowest BCUT2D eigenvalue weighted by Crippen LogP contribution is -2.58. The molecule has 15 heteroatoms. The predicted octanol–water partition coefficient (Wildman–Crippen LogP) is 3.70. The van der Waals surface area contributed by atoms with Gasteiger partial charge in [-0.15, -0.1) is 0 Å². The summed E-state index contributed by atoms with van der Waals surface area (Å²) in [6, 6.07) is 5.04. The summed E-state index contributed by atoms with van der Waals surface area (Å²) >= 11 is 6.23. The fraction of sp³-hybridized carbons (Fsp3) is 0.618. The van der Waals surface area contributed by atoms with Gasteiger partial charge in [-0.3, -0.25) is 19.1 Å². The van der Waals surface area contributed by atoms with E-state index in [9.17, 15) is 27.6 Å². The van der Waals surface area contributed by atoms with Crippen LogP contribution in [0.15, 0.2) is 41.6 Å². The number of hydrogen-bond acceptors (Lipinski definition) is 9. The van der Waals surface area contributed by atoms with Gasteiger partial charge in [0.1, 0.15) is 23.2 Å². The maximum atomic E-state index is 14.4. The summed E-state index contributed by atoms with van der Waals surface area (Å²) in [5, 5.41) is 9.84. The van der Waals surface area contributed by atoms with Gasteiger partial charge in [-0.1, -0.05) is 53.9 Å². The minimum Gasteiger partial charge on any atom is -0.444 e. The molecule has 5 atom stereocenters. The zero-order valence-electron chi connectivity index (χ0n) is 28.0. The first kappa shape index (κ1) is 35.2. The molecule has 1 aromatic carbocycles. The largest absolute Gasteiger partial charge is 0.444 e. The summed E-state index contributed by atoms with van der Waals surface area (Å²) in [6.07, 6.45) is 7.77. The monoisotopic (exact) mass is 717 g/mol. The SMILES string of the molecule is CC(C)(C)OC(=O)N[C@H]1CCCCCC=C[C@@H]2C[C@@]2(C(=O)NS(=O)(=O)C2CC2)NC(=O)[C@@H]2C[C@]3(CC(c4cccc(Cl)c4)=NO3)CN2C1=O. The van der Waals surface area contributed by atoms with E-state index in [0.29, 0.717) is 42.8 Å². The van der Waals surface area contributed by atoms with Crippen molar-refractivity contribution in [3.63, 3.8) is 0 Å². The highest BCUT2D eigenvalue weighted by molar-refractivity contribution is 7.91. The van der Waals surface area contributed by atoms with Crippen molar-refractivity contribution in [2.75, 3.05) is 6.54 Å². The number of benzene rings is 1. The molecule has 1 aromatic rings. The highest BCUT2D eigenvalue weighted by atomic mass is 35.5. The van der Waals surface area contributed by atoms with Crippen molar-refractivity contribution < 1.29 is 37.2 Å². The average molecular weight is 718 g/mol. The topological polar surface area (TPSA) is 173 Å². The van der Waals surface area contributed by atoms with Gasteiger partial charge in [-0.25, -0.2) is 13.2 Å². The molecule has 0 unspecified atom stereocenters. The summed E-state index contributed by atoms with van der Waals surface area (Å²) in [4.78, 5) is 62.7. The molecule has 13 nitrogen and oxygen atoms in total. The summed E-state index contributed by atoms with van der Waals surface area (Å²) in [5.74, 6) is -2.31. The Balaban J connectivity index is 1.30.